The van der Waals surface area contributed by atoms with Gasteiger partial charge < -0.3 is 66.2 Å². The van der Waals surface area contributed by atoms with Gasteiger partial charge in [-0.3, -0.25) is 29.3 Å². The van der Waals surface area contributed by atoms with Gasteiger partial charge in [0, 0.05) is 70.1 Å². The van der Waals surface area contributed by atoms with Crippen LogP contribution in [0.25, 0.3) is 0 Å². The van der Waals surface area contributed by atoms with E-state index in [1.54, 1.807) is 52.1 Å². The Bertz CT molecular complexity index is 1300. The lowest BCUT2D eigenvalue weighted by Crippen LogP contribution is -2.42. The number of thiol groups is 1. The molecule has 23 heteroatoms. The minimum absolute atomic E-state index is 0.00627. The maximum atomic E-state index is 13.6. The smallest absolute Gasteiger partial charge is 0.251 e. The summed E-state index contributed by atoms with van der Waals surface area (Å²) in [6, 6.07) is 3.24. The Morgan fingerprint density at radius 3 is 1.55 bits per heavy atom. The second-order valence-corrected chi connectivity index (χ2v) is 14.0. The molecule has 0 spiro atoms. The Labute approximate surface area is 373 Å². The van der Waals surface area contributed by atoms with Gasteiger partial charge in [-0.1, -0.05) is 0 Å². The third-order valence-corrected chi connectivity index (χ3v) is 8.57. The zero-order valence-corrected chi connectivity index (χ0v) is 38.1. The van der Waals surface area contributed by atoms with Crippen molar-refractivity contribution >= 4 is 88.2 Å². The van der Waals surface area contributed by atoms with E-state index in [9.17, 15) is 29.1 Å². The average molecular weight is 1070 g/mol. The summed E-state index contributed by atoms with van der Waals surface area (Å²) < 4.78 is 42.4. The molecular formula is C35H58I2N6O14S. The van der Waals surface area contributed by atoms with Crippen LogP contribution >= 0.6 is 58.6 Å². The lowest BCUT2D eigenvalue weighted by molar-refractivity contribution is -0.127. The van der Waals surface area contributed by atoms with E-state index in [4.69, 9.17) is 34.6 Å². The first-order chi connectivity index (χ1) is 28.0. The van der Waals surface area contributed by atoms with Crippen molar-refractivity contribution in [2.75, 3.05) is 120 Å². The summed E-state index contributed by atoms with van der Waals surface area (Å²) in [4.78, 5) is 62.2. The number of carbonyl (C=O) groups excluding carboxylic acids is 5. The number of nitrogens with one attached hydrogen (secondary N) is 6. The molecule has 1 rings (SSSR count). The summed E-state index contributed by atoms with van der Waals surface area (Å²) in [5.41, 5.74) is 0.456. The highest BCUT2D eigenvalue weighted by molar-refractivity contribution is 14.1. The van der Waals surface area contributed by atoms with Gasteiger partial charge in [0.1, 0.15) is 58.8 Å². The van der Waals surface area contributed by atoms with E-state index < -0.39 is 24.2 Å². The molecule has 0 aliphatic carbocycles. The summed E-state index contributed by atoms with van der Waals surface area (Å²) in [6.45, 7) is 2.76. The van der Waals surface area contributed by atoms with Gasteiger partial charge in [0.05, 0.1) is 84.8 Å². The van der Waals surface area contributed by atoms with Gasteiger partial charge in [-0.15, -0.1) is 12.6 Å². The molecule has 0 fully saturated rings. The van der Waals surface area contributed by atoms with Crippen molar-refractivity contribution in [2.24, 2.45) is 0 Å². The number of methoxy groups -OCH3 is 2. The summed E-state index contributed by atoms with van der Waals surface area (Å²) in [5.74, 6) is -1.55. The first kappa shape index (κ1) is 54.0. The number of rotatable bonds is 36. The molecule has 2 unspecified atom stereocenters. The Hall–Kier alpha value is -2.02. The predicted octanol–water partition coefficient (Wildman–Crippen LogP) is -0.250. The topological polar surface area (TPSA) is 252 Å². The molecule has 0 bridgehead atoms. The summed E-state index contributed by atoms with van der Waals surface area (Å²) >= 11 is 7.93. The number of aliphatic hydroxyl groups excluding tert-OH is 1. The lowest BCUT2D eigenvalue weighted by Gasteiger charge is -2.24. The Morgan fingerprint density at radius 2 is 1.07 bits per heavy atom. The average Bonchev–Trinajstić information content (AvgIpc) is 3.19. The van der Waals surface area contributed by atoms with E-state index in [1.807, 2.05) is 0 Å². The molecule has 58 heavy (non-hydrogen) atoms. The first-order valence-corrected chi connectivity index (χ1v) is 20.6. The fourth-order valence-electron chi connectivity index (χ4n) is 4.61. The van der Waals surface area contributed by atoms with Crippen molar-refractivity contribution < 1.29 is 63.6 Å². The second-order valence-electron chi connectivity index (χ2n) is 12.3. The van der Waals surface area contributed by atoms with Crippen LogP contribution in [0.5, 0.6) is 0 Å². The zero-order valence-electron chi connectivity index (χ0n) is 32.9. The standard InChI is InChI=1S/C35H58I2N6O14S/c1-50-13-6-38-30(44)3-10-54-22-28(23-55-24-33(47)41-7-14-51-2)43-35(49)26-17-25(18-29(58)19-26)34(48)42-27(20-52-11-4-31(45)39-8-15-56-36)21-53-12-5-32(46)40-9-16-57-37/h17-19,27-28,35,43,49,58H,3-16,20-24H2,1-2H3,(H,38,44)(H,39,45)(H,40,46)(H,41,47)(H,42,48). The summed E-state index contributed by atoms with van der Waals surface area (Å²) in [7, 11) is 3.05. The van der Waals surface area contributed by atoms with E-state index >= 15 is 0 Å². The molecule has 0 aliphatic rings. The number of carbonyl (C=O) groups is 5. The molecule has 0 aromatic heterocycles. The molecular weight excluding hydrogens is 1010 g/mol. The van der Waals surface area contributed by atoms with Crippen molar-refractivity contribution in [1.82, 2.24) is 31.9 Å². The highest BCUT2D eigenvalue weighted by Gasteiger charge is 2.21. The van der Waals surface area contributed by atoms with Crippen LogP contribution in [0.3, 0.4) is 0 Å². The minimum Gasteiger partial charge on any atom is -0.383 e. The van der Waals surface area contributed by atoms with Gasteiger partial charge in [0.2, 0.25) is 23.6 Å². The van der Waals surface area contributed by atoms with Crippen LogP contribution in [-0.2, 0) is 53.7 Å². The molecule has 332 valence electrons. The van der Waals surface area contributed by atoms with Crippen molar-refractivity contribution in [3.05, 3.63) is 29.3 Å². The fourth-order valence-corrected chi connectivity index (χ4v) is 5.34. The number of ether oxygens (including phenoxy) is 6. The van der Waals surface area contributed by atoms with E-state index in [-0.39, 0.29) is 101 Å². The SMILES string of the molecule is COCCNC(=O)CCOCC(COCC(=O)NCCOC)NC(O)c1cc(S)cc(C(=O)NC(COCCC(=O)NCCOI)COCCC(=O)NCCOI)c1. The molecule has 0 saturated heterocycles. The highest BCUT2D eigenvalue weighted by atomic mass is 127. The van der Waals surface area contributed by atoms with Gasteiger partial charge in [0.25, 0.3) is 5.91 Å². The van der Waals surface area contributed by atoms with E-state index in [0.717, 1.165) is 0 Å². The molecule has 0 aliphatic heterocycles. The van der Waals surface area contributed by atoms with Crippen LogP contribution in [0.1, 0.15) is 41.4 Å². The maximum Gasteiger partial charge on any atom is 0.251 e. The number of benzene rings is 1. The van der Waals surface area contributed by atoms with Crippen LogP contribution in [0.4, 0.5) is 0 Å². The Morgan fingerprint density at radius 1 is 0.621 bits per heavy atom. The molecule has 20 nitrogen and oxygen atoms in total. The van der Waals surface area contributed by atoms with Gasteiger partial charge >= 0.3 is 0 Å². The van der Waals surface area contributed by atoms with Crippen molar-refractivity contribution in [1.29, 1.82) is 0 Å². The van der Waals surface area contributed by atoms with Crippen molar-refractivity contribution in [3.63, 3.8) is 0 Å². The quantitative estimate of drug-likeness (QED) is 0.0187. The predicted molar refractivity (Wildman–Crippen MR) is 230 cm³/mol. The molecule has 1 aromatic rings. The zero-order chi connectivity index (χ0) is 42.8. The number of aliphatic hydroxyl groups is 1. The van der Waals surface area contributed by atoms with E-state index in [1.165, 1.54) is 26.4 Å². The first-order valence-electron chi connectivity index (χ1n) is 18.4. The Kier molecular flexibility index (Phi) is 33.2. The minimum atomic E-state index is -1.34. The molecule has 0 saturated carbocycles. The number of amides is 5. The molecule has 5 amide bonds. The number of halogens is 2. The van der Waals surface area contributed by atoms with Gasteiger partial charge in [-0.25, -0.2) is 0 Å². The summed E-state index contributed by atoms with van der Waals surface area (Å²) in [5, 5.41) is 27.9. The van der Waals surface area contributed by atoms with Crippen LogP contribution in [0.2, 0.25) is 0 Å². The molecule has 2 atom stereocenters. The normalized spacial score (nSPS) is 12.2. The lowest BCUT2D eigenvalue weighted by atomic mass is 10.1. The largest absolute Gasteiger partial charge is 0.383 e. The van der Waals surface area contributed by atoms with Gasteiger partial charge in [-0.2, -0.15) is 0 Å². The highest BCUT2D eigenvalue weighted by Crippen LogP contribution is 2.19. The van der Waals surface area contributed by atoms with Crippen LogP contribution < -0.4 is 31.9 Å². The number of hydrogen-bond acceptors (Lipinski definition) is 16. The van der Waals surface area contributed by atoms with Gasteiger partial charge in [0.15, 0.2) is 0 Å². The molecule has 0 radical (unpaired) electrons. The third kappa shape index (κ3) is 28.4. The van der Waals surface area contributed by atoms with Crippen LogP contribution in [0, 0.1) is 0 Å². The Balaban J connectivity index is 2.97. The molecule has 1 aromatic carbocycles. The third-order valence-electron chi connectivity index (χ3n) is 7.44. The van der Waals surface area contributed by atoms with Gasteiger partial charge in [-0.05, 0) is 23.8 Å². The second kappa shape index (κ2) is 35.7. The summed E-state index contributed by atoms with van der Waals surface area (Å²) in [6.07, 6.45) is -1.08. The number of hydrogen-bond donors (Lipinski definition) is 8. The molecule has 7 N–H and O–H groups in total. The monoisotopic (exact) mass is 1070 g/mol. The molecule has 0 heterocycles. The van der Waals surface area contributed by atoms with Crippen LogP contribution in [0.15, 0.2) is 23.1 Å². The van der Waals surface area contributed by atoms with E-state index in [2.05, 4.69) is 44.5 Å². The van der Waals surface area contributed by atoms with Crippen molar-refractivity contribution in [3.8, 4) is 0 Å². The van der Waals surface area contributed by atoms with Crippen molar-refractivity contribution in [2.45, 2.75) is 42.5 Å². The fraction of sp³-hybridized carbons (Fsp3) is 0.686. The maximum absolute atomic E-state index is 13.6. The van der Waals surface area contributed by atoms with E-state index in [0.29, 0.717) is 63.1 Å². The van der Waals surface area contributed by atoms with Crippen LogP contribution in [-0.4, -0.2) is 166 Å².